The number of ether oxygens (including phenoxy) is 7. The third-order valence-corrected chi connectivity index (χ3v) is 12.4. The molecule has 0 aliphatic carbocycles. The van der Waals surface area contributed by atoms with Crippen LogP contribution in [0.5, 0.6) is 0 Å². The lowest BCUT2D eigenvalue weighted by molar-refractivity contribution is -0.166. The predicted molar refractivity (Wildman–Crippen MR) is 261 cm³/mol. The SMILES string of the molecule is CCCCCCCCCCCCC(OC)=C(OC)C(CCCCCCCCC)OCOCOC(CCCCCCCCC)C(OC)=C(CCCCCCCCCCCC)OC. The molecule has 0 aromatic rings. The first-order valence-electron chi connectivity index (χ1n) is 26.5. The maximum atomic E-state index is 6.49. The summed E-state index contributed by atoms with van der Waals surface area (Å²) < 4.78 is 43.2. The molecule has 0 bridgehead atoms. The minimum atomic E-state index is -0.224. The smallest absolute Gasteiger partial charge is 0.162 e. The first kappa shape index (κ1) is 59.6. The molecule has 2 atom stereocenters. The molecule has 0 saturated heterocycles. The molecule has 0 aromatic heterocycles. The first-order valence-corrected chi connectivity index (χ1v) is 26.5. The Balaban J connectivity index is 5.51. The lowest BCUT2D eigenvalue weighted by Gasteiger charge is -2.24. The van der Waals surface area contributed by atoms with Gasteiger partial charge in [-0.2, -0.15) is 0 Å². The van der Waals surface area contributed by atoms with E-state index in [1.807, 2.05) is 0 Å². The van der Waals surface area contributed by atoms with Crippen LogP contribution in [-0.2, 0) is 33.2 Å². The highest BCUT2D eigenvalue weighted by atomic mass is 16.7. The maximum absolute atomic E-state index is 6.49. The first-order chi connectivity index (χ1) is 30.1. The van der Waals surface area contributed by atoms with Crippen molar-refractivity contribution in [3.63, 3.8) is 0 Å². The topological polar surface area (TPSA) is 64.6 Å². The molecule has 0 aromatic carbocycles. The van der Waals surface area contributed by atoms with Crippen molar-refractivity contribution in [2.45, 2.75) is 284 Å². The van der Waals surface area contributed by atoms with Gasteiger partial charge in [-0.25, -0.2) is 0 Å². The Hall–Kier alpha value is -1.44. The van der Waals surface area contributed by atoms with E-state index >= 15 is 0 Å². The molecule has 0 heterocycles. The van der Waals surface area contributed by atoms with Gasteiger partial charge >= 0.3 is 0 Å². The summed E-state index contributed by atoms with van der Waals surface area (Å²) in [5.41, 5.74) is 0. The lowest BCUT2D eigenvalue weighted by Crippen LogP contribution is -2.24. The molecule has 364 valence electrons. The standard InChI is InChI=1S/C54H106O7/c1-9-13-17-21-25-27-29-33-35-39-43-49(55-5)53(57-7)51(45-41-37-31-23-19-15-11-3)60-47-59-48-61-52(46-42-38-32-24-20-16-12-4)54(58-8)50(56-6)44-40-36-34-30-28-26-22-18-14-10-2/h51-52H,9-48H2,1-8H3. The zero-order chi connectivity index (χ0) is 44.7. The summed E-state index contributed by atoms with van der Waals surface area (Å²) in [7, 11) is 7.07. The Morgan fingerprint density at radius 3 is 0.787 bits per heavy atom. The Bertz CT molecular complexity index is 876. The second-order valence-electron chi connectivity index (χ2n) is 17.8. The fourth-order valence-electron chi connectivity index (χ4n) is 8.50. The van der Waals surface area contributed by atoms with E-state index in [1.165, 1.54) is 193 Å². The van der Waals surface area contributed by atoms with Crippen molar-refractivity contribution < 1.29 is 33.2 Å². The largest absolute Gasteiger partial charge is 0.497 e. The van der Waals surface area contributed by atoms with E-state index in [-0.39, 0.29) is 25.8 Å². The summed E-state index contributed by atoms with van der Waals surface area (Å²) in [5, 5.41) is 0. The van der Waals surface area contributed by atoms with Crippen molar-refractivity contribution >= 4 is 0 Å². The molecule has 0 saturated carbocycles. The average Bonchev–Trinajstić information content (AvgIpc) is 3.27. The summed E-state index contributed by atoms with van der Waals surface area (Å²) in [6.45, 7) is 9.36. The van der Waals surface area contributed by atoms with Crippen molar-refractivity contribution in [3.05, 3.63) is 23.0 Å². The molecule has 0 aliphatic rings. The Kier molecular flexibility index (Phi) is 46.9. The van der Waals surface area contributed by atoms with Gasteiger partial charge in [0.1, 0.15) is 23.7 Å². The van der Waals surface area contributed by atoms with Crippen LogP contribution in [0.1, 0.15) is 272 Å². The summed E-state index contributed by atoms with van der Waals surface area (Å²) in [5.74, 6) is 3.44. The van der Waals surface area contributed by atoms with E-state index in [4.69, 9.17) is 33.2 Å². The number of rotatable bonds is 50. The minimum Gasteiger partial charge on any atom is -0.497 e. The quantitative estimate of drug-likeness (QED) is 0.0343. The molecule has 2 unspecified atom stereocenters. The van der Waals surface area contributed by atoms with E-state index in [9.17, 15) is 0 Å². The normalized spacial score (nSPS) is 13.5. The number of unbranched alkanes of at least 4 members (excludes halogenated alkanes) is 30. The zero-order valence-corrected chi connectivity index (χ0v) is 42.3. The maximum Gasteiger partial charge on any atom is 0.162 e. The second-order valence-corrected chi connectivity index (χ2v) is 17.8. The third-order valence-electron chi connectivity index (χ3n) is 12.4. The molecule has 0 radical (unpaired) electrons. The van der Waals surface area contributed by atoms with Gasteiger partial charge in [0.2, 0.25) is 0 Å². The molecule has 0 fully saturated rings. The van der Waals surface area contributed by atoms with Gasteiger partial charge < -0.3 is 33.2 Å². The number of methoxy groups -OCH3 is 4. The molecule has 0 spiro atoms. The van der Waals surface area contributed by atoms with Gasteiger partial charge in [0, 0.05) is 12.8 Å². The highest BCUT2D eigenvalue weighted by Crippen LogP contribution is 2.27. The summed E-state index contributed by atoms with van der Waals surface area (Å²) in [6.07, 6.45) is 46.8. The Labute approximate surface area is 380 Å². The van der Waals surface area contributed by atoms with E-state index in [0.29, 0.717) is 0 Å². The predicted octanol–water partition coefficient (Wildman–Crippen LogP) is 17.6. The van der Waals surface area contributed by atoms with Crippen LogP contribution in [0.25, 0.3) is 0 Å². The average molecular weight is 867 g/mol. The van der Waals surface area contributed by atoms with E-state index in [0.717, 1.165) is 74.4 Å². The highest BCUT2D eigenvalue weighted by Gasteiger charge is 2.24. The Morgan fingerprint density at radius 1 is 0.295 bits per heavy atom. The number of hydrogen-bond donors (Lipinski definition) is 0. The molecule has 0 aliphatic heterocycles. The van der Waals surface area contributed by atoms with Crippen LogP contribution in [0.3, 0.4) is 0 Å². The van der Waals surface area contributed by atoms with Crippen LogP contribution >= 0.6 is 0 Å². The lowest BCUT2D eigenvalue weighted by atomic mass is 10.0. The molecule has 0 N–H and O–H groups in total. The summed E-state index contributed by atoms with van der Waals surface area (Å²) in [6, 6.07) is 0. The van der Waals surface area contributed by atoms with E-state index < -0.39 is 0 Å². The van der Waals surface area contributed by atoms with Crippen LogP contribution in [0.15, 0.2) is 23.0 Å². The van der Waals surface area contributed by atoms with Crippen LogP contribution in [0.2, 0.25) is 0 Å². The highest BCUT2D eigenvalue weighted by molar-refractivity contribution is 5.08. The fourth-order valence-corrected chi connectivity index (χ4v) is 8.50. The third kappa shape index (κ3) is 35.6. The van der Waals surface area contributed by atoms with Crippen molar-refractivity contribution in [1.29, 1.82) is 0 Å². The number of allylic oxidation sites excluding steroid dienone is 2. The van der Waals surface area contributed by atoms with Gasteiger partial charge in [-0.3, -0.25) is 0 Å². The van der Waals surface area contributed by atoms with Crippen molar-refractivity contribution in [3.8, 4) is 0 Å². The molecular weight excluding hydrogens is 761 g/mol. The van der Waals surface area contributed by atoms with Crippen LogP contribution < -0.4 is 0 Å². The molecule has 61 heavy (non-hydrogen) atoms. The molecular formula is C54H106O7. The molecule has 0 rings (SSSR count). The second kappa shape index (κ2) is 48.0. The van der Waals surface area contributed by atoms with Crippen molar-refractivity contribution in [1.82, 2.24) is 0 Å². The van der Waals surface area contributed by atoms with Crippen molar-refractivity contribution in [2.75, 3.05) is 42.0 Å². The van der Waals surface area contributed by atoms with Gasteiger partial charge in [-0.15, -0.1) is 0 Å². The van der Waals surface area contributed by atoms with Crippen LogP contribution in [-0.4, -0.2) is 54.2 Å². The zero-order valence-electron chi connectivity index (χ0n) is 42.3. The molecule has 0 amide bonds. The fraction of sp³-hybridized carbons (Fsp3) is 0.926. The van der Waals surface area contributed by atoms with Gasteiger partial charge in [0.25, 0.3) is 0 Å². The minimum absolute atomic E-state index is 0.120. The summed E-state index contributed by atoms with van der Waals surface area (Å²) in [4.78, 5) is 0. The van der Waals surface area contributed by atoms with Gasteiger partial charge in [0.05, 0.1) is 28.4 Å². The van der Waals surface area contributed by atoms with Crippen LogP contribution in [0, 0.1) is 0 Å². The monoisotopic (exact) mass is 867 g/mol. The van der Waals surface area contributed by atoms with Gasteiger partial charge in [-0.05, 0) is 25.7 Å². The number of hydrogen-bond acceptors (Lipinski definition) is 7. The molecule has 7 heteroatoms. The van der Waals surface area contributed by atoms with E-state index in [2.05, 4.69) is 27.7 Å². The van der Waals surface area contributed by atoms with Gasteiger partial charge in [0.15, 0.2) is 25.1 Å². The van der Waals surface area contributed by atoms with Crippen LogP contribution in [0.4, 0.5) is 0 Å². The Morgan fingerprint density at radius 2 is 0.541 bits per heavy atom. The summed E-state index contributed by atoms with van der Waals surface area (Å²) >= 11 is 0. The van der Waals surface area contributed by atoms with Crippen molar-refractivity contribution in [2.24, 2.45) is 0 Å². The van der Waals surface area contributed by atoms with E-state index in [1.54, 1.807) is 28.4 Å². The molecule has 7 nitrogen and oxygen atoms in total. The van der Waals surface area contributed by atoms with Gasteiger partial charge in [-0.1, -0.05) is 233 Å².